The molecule has 9 nitrogen and oxygen atoms in total. The van der Waals surface area contributed by atoms with Crippen molar-refractivity contribution in [1.29, 1.82) is 0 Å². The average Bonchev–Trinajstić information content (AvgIpc) is 3.02. The van der Waals surface area contributed by atoms with Crippen molar-refractivity contribution in [3.63, 3.8) is 0 Å². The molecule has 176 valence electrons. The number of aliphatic hydroxyl groups is 1. The molecule has 0 radical (unpaired) electrons. The predicted molar refractivity (Wildman–Crippen MR) is 118 cm³/mol. The quantitative estimate of drug-likeness (QED) is 0.221. The number of rotatable bonds is 13. The standard InChI is InChI=1S/C22H38N4O5/c1-14(2)19(21(30)23-5)24-22(31)20(15(3)4)25(6)16(27)10-8-7-9-13-26-17(28)11-12-18(26)29/h11-12,14-16,19-20,27H,7-10,13H2,1-6H3,(H,23,30)(H,24,31)/t16?,19?,20-/m0/s1. The molecule has 0 bridgehead atoms. The SMILES string of the molecule is CNC(=O)C(NC(=O)[C@H](C(C)C)N(C)C(O)CCCCCN1C(=O)C=CC1=O)C(C)C. The lowest BCUT2D eigenvalue weighted by molar-refractivity contribution is -0.137. The molecule has 0 saturated heterocycles. The summed E-state index contributed by atoms with van der Waals surface area (Å²) < 4.78 is 0. The van der Waals surface area contributed by atoms with E-state index < -0.39 is 18.3 Å². The second-order valence-electron chi connectivity index (χ2n) is 8.69. The van der Waals surface area contributed by atoms with E-state index in [0.717, 1.165) is 6.42 Å². The second-order valence-corrected chi connectivity index (χ2v) is 8.69. The first-order chi connectivity index (χ1) is 14.5. The van der Waals surface area contributed by atoms with Gasteiger partial charge in [0.05, 0.1) is 6.04 Å². The molecule has 1 rings (SSSR count). The zero-order chi connectivity index (χ0) is 23.7. The Hall–Kier alpha value is -2.26. The van der Waals surface area contributed by atoms with Gasteiger partial charge in [0.15, 0.2) is 0 Å². The Morgan fingerprint density at radius 2 is 1.58 bits per heavy atom. The van der Waals surface area contributed by atoms with E-state index in [1.807, 2.05) is 27.7 Å². The zero-order valence-corrected chi connectivity index (χ0v) is 19.6. The second kappa shape index (κ2) is 12.6. The Bertz CT molecular complexity index is 659. The molecular weight excluding hydrogens is 400 g/mol. The van der Waals surface area contributed by atoms with E-state index in [-0.39, 0.29) is 35.5 Å². The summed E-state index contributed by atoms with van der Waals surface area (Å²) in [4.78, 5) is 50.9. The van der Waals surface area contributed by atoms with Crippen LogP contribution in [-0.4, -0.2) is 77.5 Å². The van der Waals surface area contributed by atoms with Gasteiger partial charge in [-0.2, -0.15) is 0 Å². The van der Waals surface area contributed by atoms with Gasteiger partial charge in [-0.15, -0.1) is 0 Å². The maximum atomic E-state index is 12.9. The maximum Gasteiger partial charge on any atom is 0.253 e. The number of unbranched alkanes of at least 4 members (excludes halogenated alkanes) is 2. The molecule has 3 N–H and O–H groups in total. The van der Waals surface area contributed by atoms with E-state index in [1.54, 1.807) is 11.9 Å². The van der Waals surface area contributed by atoms with Crippen LogP contribution >= 0.6 is 0 Å². The Morgan fingerprint density at radius 3 is 2.06 bits per heavy atom. The van der Waals surface area contributed by atoms with Crippen LogP contribution in [0.2, 0.25) is 0 Å². The highest BCUT2D eigenvalue weighted by molar-refractivity contribution is 6.12. The van der Waals surface area contributed by atoms with Gasteiger partial charge in [0.2, 0.25) is 11.8 Å². The number of nitrogens with one attached hydrogen (secondary N) is 2. The molecular formula is C22H38N4O5. The number of aliphatic hydroxyl groups excluding tert-OH is 1. The Balaban J connectivity index is 2.55. The fourth-order valence-corrected chi connectivity index (χ4v) is 3.70. The minimum atomic E-state index is -0.827. The van der Waals surface area contributed by atoms with E-state index >= 15 is 0 Å². The fourth-order valence-electron chi connectivity index (χ4n) is 3.70. The van der Waals surface area contributed by atoms with Crippen molar-refractivity contribution in [1.82, 2.24) is 20.4 Å². The predicted octanol–water partition coefficient (Wildman–Crippen LogP) is 0.633. The number of hydrogen-bond acceptors (Lipinski definition) is 6. The van der Waals surface area contributed by atoms with Crippen molar-refractivity contribution in [3.8, 4) is 0 Å². The summed E-state index contributed by atoms with van der Waals surface area (Å²) in [6, 6.07) is -1.23. The Kier molecular flexibility index (Phi) is 10.8. The highest BCUT2D eigenvalue weighted by atomic mass is 16.3. The van der Waals surface area contributed by atoms with Crippen LogP contribution in [0.25, 0.3) is 0 Å². The van der Waals surface area contributed by atoms with Crippen molar-refractivity contribution in [2.45, 2.75) is 71.7 Å². The molecule has 0 aromatic heterocycles. The minimum Gasteiger partial charge on any atom is -0.378 e. The third kappa shape index (κ3) is 7.74. The number of likely N-dealkylation sites (N-methyl/N-ethyl adjacent to an activating group) is 2. The van der Waals surface area contributed by atoms with Gasteiger partial charge in [-0.3, -0.25) is 29.0 Å². The van der Waals surface area contributed by atoms with Gasteiger partial charge in [0, 0.05) is 25.7 Å². The molecule has 3 atom stereocenters. The summed E-state index contributed by atoms with van der Waals surface area (Å²) in [5.41, 5.74) is 0. The van der Waals surface area contributed by atoms with Gasteiger partial charge in [-0.05, 0) is 38.1 Å². The number of carbonyl (C=O) groups is 4. The first-order valence-corrected chi connectivity index (χ1v) is 11.0. The van der Waals surface area contributed by atoms with Gasteiger partial charge in [-0.1, -0.05) is 34.1 Å². The number of imide groups is 1. The molecule has 1 aliphatic rings. The van der Waals surface area contributed by atoms with Crippen LogP contribution in [-0.2, 0) is 19.2 Å². The summed E-state index contributed by atoms with van der Waals surface area (Å²) in [6.07, 6.45) is 4.26. The fraction of sp³-hybridized carbons (Fsp3) is 0.727. The molecule has 0 saturated carbocycles. The van der Waals surface area contributed by atoms with Crippen LogP contribution in [0.4, 0.5) is 0 Å². The third-order valence-electron chi connectivity index (χ3n) is 5.55. The summed E-state index contributed by atoms with van der Waals surface area (Å²) in [5.74, 6) is -1.26. The number of amides is 4. The number of carbonyl (C=O) groups excluding carboxylic acids is 4. The monoisotopic (exact) mass is 438 g/mol. The van der Waals surface area contributed by atoms with E-state index in [0.29, 0.717) is 25.8 Å². The van der Waals surface area contributed by atoms with Crippen LogP contribution in [0.3, 0.4) is 0 Å². The molecule has 0 aliphatic carbocycles. The molecule has 2 unspecified atom stereocenters. The number of hydrogen-bond donors (Lipinski definition) is 3. The number of nitrogens with zero attached hydrogens (tertiary/aromatic N) is 2. The van der Waals surface area contributed by atoms with Crippen LogP contribution in [0.1, 0.15) is 53.4 Å². The largest absolute Gasteiger partial charge is 0.378 e. The minimum absolute atomic E-state index is 0.0724. The normalized spacial score (nSPS) is 16.9. The third-order valence-corrected chi connectivity index (χ3v) is 5.55. The molecule has 0 spiro atoms. The zero-order valence-electron chi connectivity index (χ0n) is 19.6. The summed E-state index contributed by atoms with van der Waals surface area (Å²) in [6.45, 7) is 7.89. The average molecular weight is 439 g/mol. The summed E-state index contributed by atoms with van der Waals surface area (Å²) in [7, 11) is 3.23. The van der Waals surface area contributed by atoms with Gasteiger partial charge < -0.3 is 15.7 Å². The lowest BCUT2D eigenvalue weighted by atomic mass is 9.98. The van der Waals surface area contributed by atoms with Crippen molar-refractivity contribution in [2.75, 3.05) is 20.6 Å². The van der Waals surface area contributed by atoms with Crippen molar-refractivity contribution in [2.24, 2.45) is 11.8 Å². The molecule has 31 heavy (non-hydrogen) atoms. The molecule has 0 aromatic rings. The Labute approximate surface area is 185 Å². The smallest absolute Gasteiger partial charge is 0.253 e. The molecule has 0 fully saturated rings. The highest BCUT2D eigenvalue weighted by Gasteiger charge is 2.33. The van der Waals surface area contributed by atoms with E-state index in [4.69, 9.17) is 0 Å². The molecule has 9 heteroatoms. The lowest BCUT2D eigenvalue weighted by Crippen LogP contribution is -2.57. The van der Waals surface area contributed by atoms with Crippen molar-refractivity contribution < 1.29 is 24.3 Å². The van der Waals surface area contributed by atoms with Crippen LogP contribution in [0, 0.1) is 11.8 Å². The van der Waals surface area contributed by atoms with Crippen LogP contribution < -0.4 is 10.6 Å². The molecule has 4 amide bonds. The molecule has 1 aliphatic heterocycles. The summed E-state index contributed by atoms with van der Waals surface area (Å²) in [5, 5.41) is 16.0. The van der Waals surface area contributed by atoms with Crippen molar-refractivity contribution >= 4 is 23.6 Å². The maximum absolute atomic E-state index is 12.9. The van der Waals surface area contributed by atoms with Gasteiger partial charge in [0.25, 0.3) is 11.8 Å². The molecule has 0 aromatic carbocycles. The topological polar surface area (TPSA) is 119 Å². The first-order valence-electron chi connectivity index (χ1n) is 11.0. The van der Waals surface area contributed by atoms with Gasteiger partial charge in [0.1, 0.15) is 12.3 Å². The highest BCUT2D eigenvalue weighted by Crippen LogP contribution is 2.17. The van der Waals surface area contributed by atoms with Crippen LogP contribution in [0.5, 0.6) is 0 Å². The van der Waals surface area contributed by atoms with Crippen molar-refractivity contribution in [3.05, 3.63) is 12.2 Å². The van der Waals surface area contributed by atoms with Gasteiger partial charge in [-0.25, -0.2) is 0 Å². The lowest BCUT2D eigenvalue weighted by Gasteiger charge is -2.35. The van der Waals surface area contributed by atoms with Crippen LogP contribution in [0.15, 0.2) is 12.2 Å². The van der Waals surface area contributed by atoms with Gasteiger partial charge >= 0.3 is 0 Å². The van der Waals surface area contributed by atoms with E-state index in [1.165, 1.54) is 24.1 Å². The van der Waals surface area contributed by atoms with E-state index in [2.05, 4.69) is 10.6 Å². The Morgan fingerprint density at radius 1 is 1.00 bits per heavy atom. The first kappa shape index (κ1) is 26.8. The van der Waals surface area contributed by atoms with E-state index in [9.17, 15) is 24.3 Å². The summed E-state index contributed by atoms with van der Waals surface area (Å²) >= 11 is 0. The molecule has 1 heterocycles.